The molecule has 0 bridgehead atoms. The van der Waals surface area contributed by atoms with Gasteiger partial charge in [-0.15, -0.1) is 0 Å². The lowest BCUT2D eigenvalue weighted by Gasteiger charge is -2.33. The molecule has 1 fully saturated rings. The highest BCUT2D eigenvalue weighted by Gasteiger charge is 2.31. The smallest absolute Gasteiger partial charge is 0.339 e. The first-order valence-corrected chi connectivity index (χ1v) is 10.3. The van der Waals surface area contributed by atoms with Crippen LogP contribution in [0.25, 0.3) is 11.0 Å². The topological polar surface area (TPSA) is 120 Å². The number of carbonyl (C=O) groups excluding carboxylic acids is 3. The number of hydrogen-bond acceptors (Lipinski definition) is 6. The summed E-state index contributed by atoms with van der Waals surface area (Å²) in [5.74, 6) is -1.47. The van der Waals surface area contributed by atoms with Gasteiger partial charge in [0.2, 0.25) is 5.91 Å². The molecule has 0 unspecified atom stereocenters. The van der Waals surface area contributed by atoms with E-state index in [-0.39, 0.29) is 12.0 Å². The molecule has 1 aliphatic heterocycles. The Labute approximate surface area is 175 Å². The molecule has 0 spiro atoms. The van der Waals surface area contributed by atoms with Crippen molar-refractivity contribution in [2.24, 2.45) is 5.73 Å². The Kier molecular flexibility index (Phi) is 6.38. The van der Waals surface area contributed by atoms with Gasteiger partial charge >= 0.3 is 5.97 Å². The molecule has 2 aromatic heterocycles. The fraction of sp³-hybridized carbons (Fsp3) is 0.571. The lowest BCUT2D eigenvalue weighted by molar-refractivity contribution is -0.143. The van der Waals surface area contributed by atoms with Gasteiger partial charge in [0.1, 0.15) is 6.04 Å². The number of fused-ring (bicyclic) bond motifs is 1. The Hall–Kier alpha value is -2.97. The van der Waals surface area contributed by atoms with Crippen molar-refractivity contribution >= 4 is 28.8 Å². The summed E-state index contributed by atoms with van der Waals surface area (Å²) in [6.45, 7) is 7.94. The van der Waals surface area contributed by atoms with E-state index < -0.39 is 30.4 Å². The molecule has 30 heavy (non-hydrogen) atoms. The molecule has 0 aromatic carbocycles. The quantitative estimate of drug-likeness (QED) is 0.722. The van der Waals surface area contributed by atoms with Crippen molar-refractivity contribution in [1.82, 2.24) is 19.7 Å². The lowest BCUT2D eigenvalue weighted by Crippen LogP contribution is -2.51. The molecule has 1 saturated heterocycles. The van der Waals surface area contributed by atoms with Crippen LogP contribution in [0.4, 0.5) is 0 Å². The van der Waals surface area contributed by atoms with E-state index >= 15 is 0 Å². The van der Waals surface area contributed by atoms with Gasteiger partial charge < -0.3 is 15.4 Å². The minimum absolute atomic E-state index is 0.0766. The number of amides is 2. The van der Waals surface area contributed by atoms with Crippen molar-refractivity contribution in [2.45, 2.75) is 65.0 Å². The molecule has 1 atom stereocenters. The first-order valence-electron chi connectivity index (χ1n) is 10.3. The second-order valence-electron chi connectivity index (χ2n) is 8.25. The van der Waals surface area contributed by atoms with Gasteiger partial charge in [0, 0.05) is 18.3 Å². The zero-order chi connectivity index (χ0) is 22.0. The molecule has 2 aromatic rings. The molecule has 1 aliphatic rings. The molecule has 0 saturated carbocycles. The summed E-state index contributed by atoms with van der Waals surface area (Å²) in [6.07, 6.45) is 3.76. The number of aromatic nitrogens is 3. The summed E-state index contributed by atoms with van der Waals surface area (Å²) in [6, 6.07) is 1.13. The van der Waals surface area contributed by atoms with Crippen LogP contribution in [0.2, 0.25) is 0 Å². The van der Waals surface area contributed by atoms with Crippen molar-refractivity contribution < 1.29 is 19.1 Å². The molecule has 9 heteroatoms. The summed E-state index contributed by atoms with van der Waals surface area (Å²) < 4.78 is 7.09. The Balaban J connectivity index is 1.82. The summed E-state index contributed by atoms with van der Waals surface area (Å²) >= 11 is 0. The summed E-state index contributed by atoms with van der Waals surface area (Å²) in [5.41, 5.74) is 7.10. The number of rotatable bonds is 6. The zero-order valence-electron chi connectivity index (χ0n) is 17.9. The van der Waals surface area contributed by atoms with Gasteiger partial charge in [-0.3, -0.25) is 9.59 Å². The summed E-state index contributed by atoms with van der Waals surface area (Å²) in [7, 11) is 0. The molecular weight excluding hydrogens is 386 g/mol. The van der Waals surface area contributed by atoms with E-state index in [0.717, 1.165) is 18.5 Å². The van der Waals surface area contributed by atoms with Gasteiger partial charge in [-0.25, -0.2) is 14.5 Å². The predicted molar refractivity (Wildman–Crippen MR) is 111 cm³/mol. The number of nitrogens with zero attached hydrogens (tertiary/aromatic N) is 4. The largest absolute Gasteiger partial charge is 0.452 e. The number of hydrogen-bond donors (Lipinski definition) is 1. The summed E-state index contributed by atoms with van der Waals surface area (Å²) in [4.78, 5) is 43.2. The van der Waals surface area contributed by atoms with Crippen LogP contribution in [-0.4, -0.2) is 56.6 Å². The van der Waals surface area contributed by atoms with Crippen LogP contribution in [0.5, 0.6) is 0 Å². The number of likely N-dealkylation sites (tertiary alicyclic amines) is 1. The maximum Gasteiger partial charge on any atom is 0.339 e. The Bertz CT molecular complexity index is 966. The highest BCUT2D eigenvalue weighted by molar-refractivity contribution is 6.03. The van der Waals surface area contributed by atoms with Crippen LogP contribution in [0, 0.1) is 0 Å². The van der Waals surface area contributed by atoms with Crippen LogP contribution in [0.1, 0.15) is 75.0 Å². The van der Waals surface area contributed by atoms with Crippen molar-refractivity contribution in [3.05, 3.63) is 23.5 Å². The monoisotopic (exact) mass is 415 g/mol. The molecule has 9 nitrogen and oxygen atoms in total. The number of pyridine rings is 1. The van der Waals surface area contributed by atoms with Crippen molar-refractivity contribution in [2.75, 3.05) is 13.2 Å². The Morgan fingerprint density at radius 2 is 1.97 bits per heavy atom. The highest BCUT2D eigenvalue weighted by Crippen LogP contribution is 2.25. The van der Waals surface area contributed by atoms with Crippen LogP contribution in [0.3, 0.4) is 0 Å². The van der Waals surface area contributed by atoms with Crippen LogP contribution >= 0.6 is 0 Å². The van der Waals surface area contributed by atoms with E-state index in [1.807, 2.05) is 27.7 Å². The second-order valence-corrected chi connectivity index (χ2v) is 8.25. The third-order valence-corrected chi connectivity index (χ3v) is 5.37. The Morgan fingerprint density at radius 3 is 2.60 bits per heavy atom. The first kappa shape index (κ1) is 21.7. The van der Waals surface area contributed by atoms with E-state index in [1.54, 1.807) is 16.9 Å². The number of nitrogens with two attached hydrogens (primary N) is 1. The van der Waals surface area contributed by atoms with Crippen LogP contribution < -0.4 is 5.73 Å². The van der Waals surface area contributed by atoms with Crippen molar-refractivity contribution in [1.29, 1.82) is 0 Å². The molecule has 162 valence electrons. The van der Waals surface area contributed by atoms with Gasteiger partial charge in [0.15, 0.2) is 12.3 Å². The Morgan fingerprint density at radius 1 is 1.23 bits per heavy atom. The van der Waals surface area contributed by atoms with E-state index in [4.69, 9.17) is 10.5 Å². The van der Waals surface area contributed by atoms with E-state index in [2.05, 4.69) is 10.1 Å². The fourth-order valence-corrected chi connectivity index (χ4v) is 3.69. The maximum atomic E-state index is 12.9. The standard InChI is InChI=1S/C21H29N5O4/c1-12(2)16-9-14(15-10-23-26(13(3)4)20(15)24-16)21(29)30-11-18(27)25-8-6-5-7-17(25)19(22)28/h9-10,12-13,17H,5-8,11H2,1-4H3,(H2,22,28)/t17-/m1/s1. The molecule has 0 aliphatic carbocycles. The van der Waals surface area contributed by atoms with Gasteiger partial charge in [0.05, 0.1) is 17.1 Å². The predicted octanol–water partition coefficient (Wildman–Crippen LogP) is 2.16. The van der Waals surface area contributed by atoms with Gasteiger partial charge in [-0.1, -0.05) is 13.8 Å². The summed E-state index contributed by atoms with van der Waals surface area (Å²) in [5, 5.41) is 4.94. The molecule has 3 heterocycles. The average Bonchev–Trinajstić information content (AvgIpc) is 3.15. The molecule has 2 amide bonds. The van der Waals surface area contributed by atoms with E-state index in [1.165, 1.54) is 4.90 Å². The second kappa shape index (κ2) is 8.81. The third-order valence-electron chi connectivity index (χ3n) is 5.37. The van der Waals surface area contributed by atoms with E-state index in [0.29, 0.717) is 29.6 Å². The fourth-order valence-electron chi connectivity index (χ4n) is 3.69. The van der Waals surface area contributed by atoms with Crippen LogP contribution in [-0.2, 0) is 14.3 Å². The minimum atomic E-state index is -0.644. The van der Waals surface area contributed by atoms with E-state index in [9.17, 15) is 14.4 Å². The van der Waals surface area contributed by atoms with Crippen molar-refractivity contribution in [3.63, 3.8) is 0 Å². The third kappa shape index (κ3) is 4.29. The minimum Gasteiger partial charge on any atom is -0.452 e. The number of carbonyl (C=O) groups is 3. The van der Waals surface area contributed by atoms with Crippen molar-refractivity contribution in [3.8, 4) is 0 Å². The molecule has 2 N–H and O–H groups in total. The van der Waals surface area contributed by atoms with Gasteiger partial charge in [0.25, 0.3) is 5.91 Å². The normalized spacial score (nSPS) is 17.0. The number of ether oxygens (including phenoxy) is 1. The number of primary amides is 1. The average molecular weight is 415 g/mol. The highest BCUT2D eigenvalue weighted by atomic mass is 16.5. The van der Waals surface area contributed by atoms with Gasteiger partial charge in [-0.2, -0.15) is 5.10 Å². The molecular formula is C21H29N5O4. The van der Waals surface area contributed by atoms with Crippen LogP contribution in [0.15, 0.2) is 12.3 Å². The van der Waals surface area contributed by atoms with Gasteiger partial charge in [-0.05, 0) is 45.1 Å². The SMILES string of the molecule is CC(C)c1cc(C(=O)OCC(=O)N2CCCC[C@@H]2C(N)=O)c2cnn(C(C)C)c2n1. The number of piperidine rings is 1. The number of esters is 1. The zero-order valence-corrected chi connectivity index (χ0v) is 17.9. The first-order chi connectivity index (χ1) is 14.2. The lowest BCUT2D eigenvalue weighted by atomic mass is 10.0. The molecule has 3 rings (SSSR count). The maximum absolute atomic E-state index is 12.9. The molecule has 0 radical (unpaired) electrons.